The molecule has 1 nitrogen and oxygen atoms in total. The monoisotopic (exact) mass is 428 g/mol. The van der Waals surface area contributed by atoms with Crippen LogP contribution in [0, 0.1) is 0 Å². The summed E-state index contributed by atoms with van der Waals surface area (Å²) in [6.45, 7) is 0. The van der Waals surface area contributed by atoms with E-state index in [1.807, 2.05) is 17.5 Å². The van der Waals surface area contributed by atoms with Crippen LogP contribution in [0.5, 0.6) is 0 Å². The first kappa shape index (κ1) is 12.0. The van der Waals surface area contributed by atoms with E-state index in [1.165, 1.54) is 22.7 Å². The van der Waals surface area contributed by atoms with Crippen molar-refractivity contribution in [2.24, 2.45) is 0 Å². The van der Waals surface area contributed by atoms with E-state index in [-0.39, 0.29) is 5.78 Å². The van der Waals surface area contributed by atoms with Gasteiger partial charge in [0.1, 0.15) is 0 Å². The molecule has 0 saturated carbocycles. The van der Waals surface area contributed by atoms with Crippen molar-refractivity contribution in [2.45, 2.75) is 0 Å². The Morgan fingerprint density at radius 1 is 1.27 bits per heavy atom. The summed E-state index contributed by atoms with van der Waals surface area (Å²) >= 11 is 13.1. The topological polar surface area (TPSA) is 17.1 Å². The van der Waals surface area contributed by atoms with Crippen LogP contribution in [0.1, 0.15) is 15.2 Å². The Labute approximate surface area is 120 Å². The van der Waals surface area contributed by atoms with E-state index in [0.29, 0.717) is 5.56 Å². The highest BCUT2D eigenvalue weighted by Gasteiger charge is 2.18. The van der Waals surface area contributed by atoms with Crippen molar-refractivity contribution in [2.75, 3.05) is 0 Å². The SMILES string of the molecule is O=C(c1cc(Br)sc1Br)c1sccc1Br. The van der Waals surface area contributed by atoms with Crippen molar-refractivity contribution >= 4 is 76.2 Å². The molecule has 0 aliphatic heterocycles. The van der Waals surface area contributed by atoms with Gasteiger partial charge in [-0.05, 0) is 65.3 Å². The highest BCUT2D eigenvalue weighted by atomic mass is 79.9. The number of hydrogen-bond donors (Lipinski definition) is 0. The Hall–Kier alpha value is 0.510. The number of carbonyl (C=O) groups is 1. The fraction of sp³-hybridized carbons (Fsp3) is 0. The van der Waals surface area contributed by atoms with E-state index < -0.39 is 0 Å². The predicted octanol–water partition coefficient (Wildman–Crippen LogP) is 5.33. The summed E-state index contributed by atoms with van der Waals surface area (Å²) < 4.78 is 2.66. The molecule has 15 heavy (non-hydrogen) atoms. The third-order valence-electron chi connectivity index (χ3n) is 1.72. The number of thiophene rings is 2. The summed E-state index contributed by atoms with van der Waals surface area (Å²) in [5, 5.41) is 1.90. The molecule has 0 aromatic carbocycles. The lowest BCUT2D eigenvalue weighted by Crippen LogP contribution is -1.97. The molecule has 0 unspecified atom stereocenters. The van der Waals surface area contributed by atoms with Crippen molar-refractivity contribution in [3.63, 3.8) is 0 Å². The molecular weight excluding hydrogens is 428 g/mol. The third-order valence-corrected chi connectivity index (χ3v) is 5.90. The first-order chi connectivity index (χ1) is 7.09. The van der Waals surface area contributed by atoms with Gasteiger partial charge in [-0.25, -0.2) is 0 Å². The van der Waals surface area contributed by atoms with Gasteiger partial charge in [0.25, 0.3) is 0 Å². The van der Waals surface area contributed by atoms with Gasteiger partial charge in [-0.2, -0.15) is 0 Å². The molecule has 2 aromatic heterocycles. The van der Waals surface area contributed by atoms with Gasteiger partial charge in [0.15, 0.2) is 0 Å². The maximum Gasteiger partial charge on any atom is 0.206 e. The molecule has 2 rings (SSSR count). The zero-order valence-corrected chi connectivity index (χ0v) is 13.5. The van der Waals surface area contributed by atoms with Crippen LogP contribution in [-0.4, -0.2) is 5.78 Å². The molecule has 2 aromatic rings. The number of ketones is 1. The van der Waals surface area contributed by atoms with Crippen LogP contribution in [0.3, 0.4) is 0 Å². The average molecular weight is 431 g/mol. The Bertz CT molecular complexity index is 515. The van der Waals surface area contributed by atoms with Gasteiger partial charge in [-0.3, -0.25) is 4.79 Å². The molecule has 0 N–H and O–H groups in total. The van der Waals surface area contributed by atoms with E-state index >= 15 is 0 Å². The second kappa shape index (κ2) is 4.79. The van der Waals surface area contributed by atoms with Crippen molar-refractivity contribution in [3.8, 4) is 0 Å². The van der Waals surface area contributed by atoms with E-state index in [0.717, 1.165) is 16.9 Å². The Balaban J connectivity index is 2.45. The lowest BCUT2D eigenvalue weighted by Gasteiger charge is -1.96. The molecule has 0 aliphatic carbocycles. The smallest absolute Gasteiger partial charge is 0.206 e. The average Bonchev–Trinajstić information content (AvgIpc) is 2.71. The van der Waals surface area contributed by atoms with Crippen LogP contribution in [0.2, 0.25) is 0 Å². The third kappa shape index (κ3) is 2.44. The normalized spacial score (nSPS) is 10.6. The summed E-state index contributed by atoms with van der Waals surface area (Å²) in [4.78, 5) is 12.8. The quantitative estimate of drug-likeness (QED) is 0.588. The van der Waals surface area contributed by atoms with Crippen LogP contribution >= 0.6 is 70.5 Å². The fourth-order valence-corrected chi connectivity index (χ4v) is 5.37. The second-order valence-electron chi connectivity index (χ2n) is 2.66. The lowest BCUT2D eigenvalue weighted by atomic mass is 10.2. The Morgan fingerprint density at radius 2 is 2.00 bits per heavy atom. The Morgan fingerprint density at radius 3 is 2.47 bits per heavy atom. The highest BCUT2D eigenvalue weighted by Crippen LogP contribution is 2.35. The lowest BCUT2D eigenvalue weighted by molar-refractivity contribution is 0.104. The molecule has 0 spiro atoms. The van der Waals surface area contributed by atoms with Crippen molar-refractivity contribution in [1.29, 1.82) is 0 Å². The number of rotatable bonds is 2. The van der Waals surface area contributed by atoms with E-state index in [1.54, 1.807) is 0 Å². The van der Waals surface area contributed by atoms with Crippen molar-refractivity contribution < 1.29 is 4.79 Å². The van der Waals surface area contributed by atoms with Crippen molar-refractivity contribution in [3.05, 3.63) is 40.0 Å². The minimum atomic E-state index is 0.0469. The number of hydrogen-bond acceptors (Lipinski definition) is 3. The van der Waals surface area contributed by atoms with Gasteiger partial charge in [0.05, 0.1) is 12.4 Å². The number of halogens is 3. The molecule has 2 heterocycles. The number of carbonyl (C=O) groups excluding carboxylic acids is 1. The largest absolute Gasteiger partial charge is 0.288 e. The van der Waals surface area contributed by atoms with Gasteiger partial charge in [0.2, 0.25) is 5.78 Å². The highest BCUT2D eigenvalue weighted by molar-refractivity contribution is 9.12. The molecule has 0 atom stereocenters. The van der Waals surface area contributed by atoms with E-state index in [4.69, 9.17) is 0 Å². The fourth-order valence-electron chi connectivity index (χ4n) is 1.07. The van der Waals surface area contributed by atoms with Gasteiger partial charge in [-0.1, -0.05) is 0 Å². The maximum absolute atomic E-state index is 12.1. The molecule has 0 saturated heterocycles. The summed E-state index contributed by atoms with van der Waals surface area (Å²) in [6, 6.07) is 3.72. The van der Waals surface area contributed by atoms with Gasteiger partial charge in [-0.15, -0.1) is 22.7 Å². The Kier molecular flexibility index (Phi) is 3.83. The zero-order valence-electron chi connectivity index (χ0n) is 7.09. The molecular formula is C9H3Br3OS2. The van der Waals surface area contributed by atoms with Crippen molar-refractivity contribution in [1.82, 2.24) is 0 Å². The van der Waals surface area contributed by atoms with E-state index in [2.05, 4.69) is 47.8 Å². The van der Waals surface area contributed by atoms with Crippen LogP contribution in [0.15, 0.2) is 29.6 Å². The van der Waals surface area contributed by atoms with Gasteiger partial charge >= 0.3 is 0 Å². The van der Waals surface area contributed by atoms with Crippen LogP contribution in [0.25, 0.3) is 0 Å². The maximum atomic E-state index is 12.1. The molecule has 0 aliphatic rings. The minimum Gasteiger partial charge on any atom is -0.288 e. The standard InChI is InChI=1S/C9H3Br3OS2/c10-5-1-2-14-8(5)7(13)4-3-6(11)15-9(4)12/h1-3H. The summed E-state index contributed by atoms with van der Waals surface area (Å²) in [7, 11) is 0. The van der Waals surface area contributed by atoms with Crippen LogP contribution < -0.4 is 0 Å². The van der Waals surface area contributed by atoms with Gasteiger partial charge in [0, 0.05) is 10.0 Å². The summed E-state index contributed by atoms with van der Waals surface area (Å²) in [5.74, 6) is 0.0469. The predicted molar refractivity (Wildman–Crippen MR) is 75.2 cm³/mol. The molecule has 6 heteroatoms. The molecule has 0 radical (unpaired) electrons. The molecule has 0 bridgehead atoms. The molecule has 0 fully saturated rings. The first-order valence-corrected chi connectivity index (χ1v) is 7.89. The van der Waals surface area contributed by atoms with E-state index in [9.17, 15) is 4.79 Å². The summed E-state index contributed by atoms with van der Waals surface area (Å²) in [5.41, 5.74) is 0.704. The second-order valence-corrected chi connectivity index (χ2v) is 8.18. The van der Waals surface area contributed by atoms with Crippen LogP contribution in [0.4, 0.5) is 0 Å². The minimum absolute atomic E-state index is 0.0469. The summed E-state index contributed by atoms with van der Waals surface area (Å²) in [6.07, 6.45) is 0. The first-order valence-electron chi connectivity index (χ1n) is 3.82. The zero-order chi connectivity index (χ0) is 11.0. The molecule has 78 valence electrons. The van der Waals surface area contributed by atoms with Gasteiger partial charge < -0.3 is 0 Å². The molecule has 0 amide bonds. The van der Waals surface area contributed by atoms with Crippen LogP contribution in [-0.2, 0) is 0 Å².